The van der Waals surface area contributed by atoms with E-state index in [1.165, 1.54) is 12.1 Å². The summed E-state index contributed by atoms with van der Waals surface area (Å²) in [5, 5.41) is 2.87. The Bertz CT molecular complexity index is 556. The Kier molecular flexibility index (Phi) is 4.87. The van der Waals surface area contributed by atoms with Gasteiger partial charge in [-0.3, -0.25) is 0 Å². The van der Waals surface area contributed by atoms with E-state index in [1.807, 2.05) is 23.9 Å². The highest BCUT2D eigenvalue weighted by molar-refractivity contribution is 5.95. The van der Waals surface area contributed by atoms with Crippen LogP contribution in [0.2, 0.25) is 0 Å². The number of benzene rings is 1. The first-order valence-corrected chi connectivity index (χ1v) is 6.61. The minimum atomic E-state index is -0.673. The number of likely N-dealkylation sites (N-methyl/N-ethyl adjacent to an activating group) is 1. The Balaban J connectivity index is 2.15. The van der Waals surface area contributed by atoms with Gasteiger partial charge in [-0.25, -0.2) is 13.8 Å². The molecule has 0 saturated heterocycles. The summed E-state index contributed by atoms with van der Waals surface area (Å²) in [5.74, 6) is -0.851. The lowest BCUT2D eigenvalue weighted by Crippen LogP contribution is -2.51. The molecule has 3 N–H and O–H groups in total. The molecule has 0 spiro atoms. The Hall–Kier alpha value is -1.99. The van der Waals surface area contributed by atoms with Gasteiger partial charge < -0.3 is 20.9 Å². The van der Waals surface area contributed by atoms with Gasteiger partial charge >= 0.3 is 0 Å². The SMILES string of the molecule is CN(C)CCN1C(Nc2ccc(F)cc2F)=NC=CC1N. The number of anilines is 1. The number of hydrogen-bond donors (Lipinski definition) is 2. The van der Waals surface area contributed by atoms with Gasteiger partial charge in [-0.05, 0) is 32.3 Å². The van der Waals surface area contributed by atoms with Gasteiger partial charge in [-0.15, -0.1) is 0 Å². The fourth-order valence-electron chi connectivity index (χ4n) is 1.90. The van der Waals surface area contributed by atoms with Crippen LogP contribution < -0.4 is 11.1 Å². The van der Waals surface area contributed by atoms with E-state index in [2.05, 4.69) is 10.3 Å². The van der Waals surface area contributed by atoms with E-state index in [0.717, 1.165) is 12.6 Å². The summed E-state index contributed by atoms with van der Waals surface area (Å²) in [6, 6.07) is 3.35. The fraction of sp³-hybridized carbons (Fsp3) is 0.357. The molecule has 1 aromatic carbocycles. The van der Waals surface area contributed by atoms with E-state index in [1.54, 1.807) is 12.3 Å². The molecular formula is C14H19F2N5. The minimum Gasteiger partial charge on any atom is -0.323 e. The Morgan fingerprint density at radius 3 is 2.81 bits per heavy atom. The van der Waals surface area contributed by atoms with Crippen molar-refractivity contribution in [2.45, 2.75) is 6.17 Å². The molecule has 5 nitrogen and oxygen atoms in total. The predicted octanol–water partition coefficient (Wildman–Crippen LogP) is 1.41. The van der Waals surface area contributed by atoms with Crippen LogP contribution in [0.25, 0.3) is 0 Å². The molecule has 114 valence electrons. The fourth-order valence-corrected chi connectivity index (χ4v) is 1.90. The van der Waals surface area contributed by atoms with Gasteiger partial charge in [0.2, 0.25) is 5.96 Å². The van der Waals surface area contributed by atoms with Crippen LogP contribution in [0.15, 0.2) is 35.5 Å². The van der Waals surface area contributed by atoms with Crippen molar-refractivity contribution in [3.05, 3.63) is 42.1 Å². The van der Waals surface area contributed by atoms with Crippen molar-refractivity contribution in [3.8, 4) is 0 Å². The summed E-state index contributed by atoms with van der Waals surface area (Å²) >= 11 is 0. The van der Waals surface area contributed by atoms with Crippen LogP contribution in [0, 0.1) is 11.6 Å². The predicted molar refractivity (Wildman–Crippen MR) is 79.8 cm³/mol. The zero-order valence-corrected chi connectivity index (χ0v) is 12.1. The monoisotopic (exact) mass is 295 g/mol. The third-order valence-electron chi connectivity index (χ3n) is 3.08. The number of nitrogens with zero attached hydrogens (tertiary/aromatic N) is 3. The van der Waals surface area contributed by atoms with Gasteiger partial charge in [0, 0.05) is 25.4 Å². The van der Waals surface area contributed by atoms with E-state index in [9.17, 15) is 8.78 Å². The van der Waals surface area contributed by atoms with Gasteiger partial charge in [0.05, 0.1) is 5.69 Å². The molecule has 0 amide bonds. The van der Waals surface area contributed by atoms with Crippen molar-refractivity contribution in [1.29, 1.82) is 0 Å². The normalized spacial score (nSPS) is 18.1. The molecule has 1 atom stereocenters. The standard InChI is InChI=1S/C14H19F2N5/c1-20(2)7-8-21-13(17)5-6-18-14(21)19-12-4-3-10(15)9-11(12)16/h3-6,9,13H,7-8,17H2,1-2H3,(H,18,19). The molecule has 0 aromatic heterocycles. The van der Waals surface area contributed by atoms with Crippen LogP contribution >= 0.6 is 0 Å². The van der Waals surface area contributed by atoms with Crippen LogP contribution in [-0.2, 0) is 0 Å². The van der Waals surface area contributed by atoms with E-state index in [-0.39, 0.29) is 11.9 Å². The molecule has 0 aliphatic carbocycles. The third-order valence-corrected chi connectivity index (χ3v) is 3.08. The van der Waals surface area contributed by atoms with Crippen molar-refractivity contribution in [1.82, 2.24) is 9.80 Å². The molecule has 2 rings (SSSR count). The average Bonchev–Trinajstić information content (AvgIpc) is 2.41. The molecule has 1 unspecified atom stereocenters. The van der Waals surface area contributed by atoms with Crippen LogP contribution in [0.3, 0.4) is 0 Å². The van der Waals surface area contributed by atoms with Crippen LogP contribution in [-0.4, -0.2) is 49.1 Å². The van der Waals surface area contributed by atoms with Gasteiger partial charge in [0.25, 0.3) is 0 Å². The number of nitrogens with two attached hydrogens (primary N) is 1. The van der Waals surface area contributed by atoms with Crippen molar-refractivity contribution >= 4 is 11.6 Å². The van der Waals surface area contributed by atoms with E-state index in [0.29, 0.717) is 12.5 Å². The zero-order chi connectivity index (χ0) is 15.4. The zero-order valence-electron chi connectivity index (χ0n) is 12.1. The maximum Gasteiger partial charge on any atom is 0.204 e. The Morgan fingerprint density at radius 2 is 2.14 bits per heavy atom. The topological polar surface area (TPSA) is 56.9 Å². The third kappa shape index (κ3) is 3.99. The van der Waals surface area contributed by atoms with E-state index >= 15 is 0 Å². The van der Waals surface area contributed by atoms with Gasteiger partial charge in [-0.2, -0.15) is 0 Å². The number of guanidine groups is 1. The molecule has 0 saturated carbocycles. The largest absolute Gasteiger partial charge is 0.323 e. The highest BCUT2D eigenvalue weighted by Gasteiger charge is 2.20. The molecule has 1 aliphatic heterocycles. The molecule has 1 aliphatic rings. The summed E-state index contributed by atoms with van der Waals surface area (Å²) < 4.78 is 26.6. The van der Waals surface area contributed by atoms with Crippen molar-refractivity contribution in [3.63, 3.8) is 0 Å². The molecule has 1 heterocycles. The summed E-state index contributed by atoms with van der Waals surface area (Å²) in [6.45, 7) is 1.40. The van der Waals surface area contributed by atoms with Crippen molar-refractivity contribution < 1.29 is 8.78 Å². The van der Waals surface area contributed by atoms with Crippen molar-refractivity contribution in [2.75, 3.05) is 32.5 Å². The first kappa shape index (κ1) is 15.4. The van der Waals surface area contributed by atoms with E-state index in [4.69, 9.17) is 5.73 Å². The molecule has 7 heteroatoms. The maximum atomic E-state index is 13.7. The number of halogens is 2. The Morgan fingerprint density at radius 1 is 1.38 bits per heavy atom. The quantitative estimate of drug-likeness (QED) is 0.882. The minimum absolute atomic E-state index is 0.160. The lowest BCUT2D eigenvalue weighted by molar-refractivity contribution is 0.299. The molecule has 21 heavy (non-hydrogen) atoms. The second-order valence-corrected chi connectivity index (χ2v) is 5.03. The van der Waals surface area contributed by atoms with Gasteiger partial charge in [0.1, 0.15) is 17.8 Å². The lowest BCUT2D eigenvalue weighted by atomic mass is 10.3. The highest BCUT2D eigenvalue weighted by atomic mass is 19.1. The molecule has 0 fully saturated rings. The maximum absolute atomic E-state index is 13.7. The molecule has 0 radical (unpaired) electrons. The second kappa shape index (κ2) is 6.64. The van der Waals surface area contributed by atoms with Crippen LogP contribution in [0.1, 0.15) is 0 Å². The van der Waals surface area contributed by atoms with Gasteiger partial charge in [-0.1, -0.05) is 0 Å². The first-order valence-electron chi connectivity index (χ1n) is 6.61. The van der Waals surface area contributed by atoms with Gasteiger partial charge in [0.15, 0.2) is 0 Å². The van der Waals surface area contributed by atoms with Crippen LogP contribution in [0.5, 0.6) is 0 Å². The summed E-state index contributed by atoms with van der Waals surface area (Å²) in [7, 11) is 3.91. The number of nitrogens with one attached hydrogen (secondary N) is 1. The molecule has 0 bridgehead atoms. The average molecular weight is 295 g/mol. The van der Waals surface area contributed by atoms with Crippen LogP contribution in [0.4, 0.5) is 14.5 Å². The summed E-state index contributed by atoms with van der Waals surface area (Å²) in [6.07, 6.45) is 2.98. The van der Waals surface area contributed by atoms with Crippen molar-refractivity contribution in [2.24, 2.45) is 10.7 Å². The molecular weight excluding hydrogens is 276 g/mol. The smallest absolute Gasteiger partial charge is 0.204 e. The highest BCUT2D eigenvalue weighted by Crippen LogP contribution is 2.17. The second-order valence-electron chi connectivity index (χ2n) is 5.03. The van der Waals surface area contributed by atoms with E-state index < -0.39 is 11.6 Å². The summed E-state index contributed by atoms with van der Waals surface area (Å²) in [4.78, 5) is 8.03. The Labute approximate surface area is 122 Å². The number of hydrogen-bond acceptors (Lipinski definition) is 5. The molecule has 1 aromatic rings. The first-order chi connectivity index (χ1) is 9.97. The lowest BCUT2D eigenvalue weighted by Gasteiger charge is -2.33. The summed E-state index contributed by atoms with van der Waals surface area (Å²) in [5.41, 5.74) is 6.18. The number of rotatable bonds is 4. The number of aliphatic imine (C=N–C) groups is 1.